The largest absolute Gasteiger partial charge is 0.505 e. The third kappa shape index (κ3) is 8.53. The van der Waals surface area contributed by atoms with Gasteiger partial charge in [0.25, 0.3) is 20.2 Å². The number of ether oxygens (including phenoxy) is 3. The minimum Gasteiger partial charge on any atom is -0.505 e. The predicted octanol–water partition coefficient (Wildman–Crippen LogP) is 3.79. The van der Waals surface area contributed by atoms with E-state index in [-0.39, 0.29) is 64.0 Å². The lowest BCUT2D eigenvalue weighted by Crippen LogP contribution is -2.04. The van der Waals surface area contributed by atoms with E-state index in [0.29, 0.717) is 0 Å². The normalized spacial score (nSPS) is 12.2. The number of nitrogen functional groups attached to an aromatic ring is 1. The molecule has 0 aliphatic heterocycles. The van der Waals surface area contributed by atoms with Crippen molar-refractivity contribution < 1.29 is 70.5 Å². The van der Waals surface area contributed by atoms with Crippen molar-refractivity contribution in [3.05, 3.63) is 60.3 Å². The maximum Gasteiger partial charge on any atom is 0.358 e. The van der Waals surface area contributed by atoms with Crippen LogP contribution < -0.4 is 19.9 Å². The van der Waals surface area contributed by atoms with Crippen molar-refractivity contribution in [2.75, 3.05) is 39.3 Å². The molecule has 0 saturated carbocycles. The quantitative estimate of drug-likeness (QED) is 0.0551. The van der Waals surface area contributed by atoms with E-state index in [2.05, 4.69) is 25.6 Å². The van der Waals surface area contributed by atoms with Gasteiger partial charge in [-0.25, -0.2) is 4.79 Å². The highest BCUT2D eigenvalue weighted by Crippen LogP contribution is 2.45. The second kappa shape index (κ2) is 15.9. The van der Waals surface area contributed by atoms with Crippen LogP contribution in [0.4, 0.5) is 28.4 Å². The monoisotopic (exact) mass is 803 g/mol. The number of benzene rings is 4. The fourth-order valence-corrected chi connectivity index (χ4v) is 6.18. The maximum absolute atomic E-state index is 12.6. The second-order valence-corrected chi connectivity index (χ2v) is 13.7. The number of phenols is 1. The first-order chi connectivity index (χ1) is 26.0. The third-order valence-electron chi connectivity index (χ3n) is 7.36. The van der Waals surface area contributed by atoms with Crippen molar-refractivity contribution in [3.63, 3.8) is 0 Å². The number of aliphatic hydroxyl groups is 2. The summed E-state index contributed by atoms with van der Waals surface area (Å²) in [6, 6.07) is 10.5. The van der Waals surface area contributed by atoms with Gasteiger partial charge in [-0.15, -0.1) is 20.5 Å². The number of carbonyl (C=O) groups is 1. The minimum atomic E-state index is -5.15. The molecule has 5 rings (SSSR count). The smallest absolute Gasteiger partial charge is 0.358 e. The fourth-order valence-electron chi connectivity index (χ4n) is 4.88. The van der Waals surface area contributed by atoms with Crippen LogP contribution in [0.1, 0.15) is 10.5 Å². The van der Waals surface area contributed by atoms with Gasteiger partial charge < -0.3 is 45.5 Å². The summed E-state index contributed by atoms with van der Waals surface area (Å²) >= 11 is 0. The number of aromatic nitrogens is 2. The first-order valence-corrected chi connectivity index (χ1v) is 18.1. The Morgan fingerprint density at radius 2 is 1.38 bits per heavy atom. The summed E-state index contributed by atoms with van der Waals surface area (Å²) in [6.07, 6.45) is 0. The molecule has 4 aromatic carbocycles. The van der Waals surface area contributed by atoms with Gasteiger partial charge in [-0.3, -0.25) is 9.11 Å². The van der Waals surface area contributed by atoms with Crippen molar-refractivity contribution in [1.29, 1.82) is 0 Å². The van der Waals surface area contributed by atoms with E-state index >= 15 is 0 Å². The molecule has 1 heterocycles. The van der Waals surface area contributed by atoms with Crippen LogP contribution in [0, 0.1) is 0 Å². The molecule has 0 atom stereocenters. The molecular weight excluding hydrogens is 775 g/mol. The van der Waals surface area contributed by atoms with Crippen LogP contribution >= 0.6 is 0 Å². The number of phenolic OH excluding ortho intramolecular Hbond substituents is 1. The van der Waals surface area contributed by atoms with Gasteiger partial charge in [-0.05, 0) is 41.8 Å². The number of fused-ring (bicyclic) bond motifs is 1. The molecule has 290 valence electrons. The molecule has 0 aliphatic rings. The molecule has 0 bridgehead atoms. The molecular formula is C31H29N7O15S2. The molecule has 0 radical (unpaired) electrons. The molecule has 0 spiro atoms. The number of azo groups is 2. The number of hydrogen-bond acceptors (Lipinski definition) is 18. The third-order valence-corrected chi connectivity index (χ3v) is 9.11. The van der Waals surface area contributed by atoms with Crippen molar-refractivity contribution in [2.45, 2.75) is 9.79 Å². The highest BCUT2D eigenvalue weighted by atomic mass is 32.2. The van der Waals surface area contributed by atoms with E-state index in [1.807, 2.05) is 0 Å². The number of aromatic hydroxyl groups is 2. The number of rotatable bonds is 15. The molecule has 55 heavy (non-hydrogen) atoms. The molecule has 9 N–H and O–H groups in total. The lowest BCUT2D eigenvalue weighted by molar-refractivity contribution is 0.0691. The molecule has 5 aromatic rings. The number of carboxylic acids is 1. The Hall–Kier alpha value is -6.44. The molecule has 1 aromatic heterocycles. The van der Waals surface area contributed by atoms with E-state index in [1.54, 1.807) is 0 Å². The first kappa shape index (κ1) is 39.8. The first-order valence-electron chi connectivity index (χ1n) is 15.2. The van der Waals surface area contributed by atoms with E-state index in [1.165, 1.54) is 37.4 Å². The fraction of sp³-hybridized carbons (Fsp3) is 0.161. The van der Waals surface area contributed by atoms with Gasteiger partial charge in [-0.1, -0.05) is 0 Å². The van der Waals surface area contributed by atoms with Gasteiger partial charge in [0.15, 0.2) is 11.4 Å². The Labute approximate surface area is 309 Å². The van der Waals surface area contributed by atoms with E-state index in [4.69, 9.17) is 19.9 Å². The molecule has 0 aliphatic carbocycles. The van der Waals surface area contributed by atoms with Crippen LogP contribution in [0.2, 0.25) is 0 Å². The standard InChI is InChI=1S/C31H29N7O15S2/c1-51-17-3-5-19(24(12-17)54(45,46)47)33-34-20-13-23(53-9-7-40)21(14-22(20)52-8-6-39)35-36-27-25(55(48,49)50)11-15-10-16(2-4-18(15)29(27)41)38-30(42)26(32)28(37-38)31(43)44/h2-5,10-14,39-42H,6-9,32H2,1H3,(H,43,44)(H,45,46,47)(H,48,49,50)/b34-33+,36-35+. The Bertz CT molecular complexity index is 2590. The number of nitrogens with zero attached hydrogens (tertiary/aromatic N) is 6. The number of anilines is 1. The van der Waals surface area contributed by atoms with Crippen LogP contribution in [0.15, 0.2) is 84.8 Å². The van der Waals surface area contributed by atoms with Crippen molar-refractivity contribution in [3.8, 4) is 34.6 Å². The van der Waals surface area contributed by atoms with Gasteiger partial charge >= 0.3 is 5.97 Å². The SMILES string of the molecule is COc1ccc(/N=N/c2cc(OCCO)c(/N=N/c3c(S(=O)(=O)O)cc4cc(-n5nc(C(=O)O)c(N)c5O)ccc4c3O)cc2OCCO)c(S(=O)(=O)O)c1. The summed E-state index contributed by atoms with van der Waals surface area (Å²) in [4.78, 5) is 9.85. The van der Waals surface area contributed by atoms with E-state index < -0.39 is 77.9 Å². The van der Waals surface area contributed by atoms with Crippen molar-refractivity contribution in [1.82, 2.24) is 9.78 Å². The van der Waals surface area contributed by atoms with Gasteiger partial charge in [0.1, 0.15) is 68.7 Å². The zero-order chi connectivity index (χ0) is 40.2. The number of aromatic carboxylic acids is 1. The van der Waals surface area contributed by atoms with Gasteiger partial charge in [0.05, 0.1) is 26.0 Å². The molecule has 0 amide bonds. The topological polar surface area (TPSA) is 348 Å². The summed E-state index contributed by atoms with van der Waals surface area (Å²) in [5.41, 5.74) is 2.95. The summed E-state index contributed by atoms with van der Waals surface area (Å²) in [5, 5.41) is 69.2. The average Bonchev–Trinajstić information content (AvgIpc) is 3.44. The number of carboxylic acid groups (broad SMARTS) is 1. The second-order valence-electron chi connectivity index (χ2n) is 10.9. The van der Waals surface area contributed by atoms with Crippen LogP contribution in [0.3, 0.4) is 0 Å². The molecule has 22 nitrogen and oxygen atoms in total. The Balaban J connectivity index is 1.64. The summed E-state index contributed by atoms with van der Waals surface area (Å²) in [5.74, 6) is -3.34. The number of aliphatic hydroxyl groups excluding tert-OH is 2. The zero-order valence-corrected chi connectivity index (χ0v) is 29.6. The number of nitrogens with two attached hydrogens (primary N) is 1. The highest BCUT2D eigenvalue weighted by molar-refractivity contribution is 7.86. The lowest BCUT2D eigenvalue weighted by atomic mass is 10.1. The Kier molecular flexibility index (Phi) is 11.5. The van der Waals surface area contributed by atoms with Crippen molar-refractivity contribution in [2.24, 2.45) is 20.5 Å². The minimum absolute atomic E-state index is 0.0150. The summed E-state index contributed by atoms with van der Waals surface area (Å²) < 4.78 is 85.9. The van der Waals surface area contributed by atoms with E-state index in [0.717, 1.165) is 28.9 Å². The number of hydrogen-bond donors (Lipinski definition) is 8. The molecule has 24 heteroatoms. The molecule has 0 fully saturated rings. The summed E-state index contributed by atoms with van der Waals surface area (Å²) in [7, 11) is -8.68. The molecule has 0 unspecified atom stereocenters. The van der Waals surface area contributed by atoms with E-state index in [9.17, 15) is 56.3 Å². The van der Waals surface area contributed by atoms with Gasteiger partial charge in [0.2, 0.25) is 5.88 Å². The van der Waals surface area contributed by atoms with Crippen LogP contribution in [-0.2, 0) is 20.2 Å². The Morgan fingerprint density at radius 3 is 1.91 bits per heavy atom. The average molecular weight is 804 g/mol. The molecule has 0 saturated heterocycles. The number of methoxy groups -OCH3 is 1. The van der Waals surface area contributed by atoms with Crippen LogP contribution in [-0.4, -0.2) is 101 Å². The van der Waals surface area contributed by atoms with Gasteiger partial charge in [0, 0.05) is 23.6 Å². The van der Waals surface area contributed by atoms with Gasteiger partial charge in [-0.2, -0.15) is 26.6 Å². The summed E-state index contributed by atoms with van der Waals surface area (Å²) in [6.45, 7) is -1.62. The maximum atomic E-state index is 12.6. The highest BCUT2D eigenvalue weighted by Gasteiger charge is 2.25. The lowest BCUT2D eigenvalue weighted by Gasteiger charge is -2.13. The van der Waals surface area contributed by atoms with Crippen LogP contribution in [0.5, 0.6) is 28.9 Å². The van der Waals surface area contributed by atoms with Crippen molar-refractivity contribution >= 4 is 65.4 Å². The van der Waals surface area contributed by atoms with Crippen LogP contribution in [0.25, 0.3) is 16.5 Å². The Morgan fingerprint density at radius 1 is 0.800 bits per heavy atom. The predicted molar refractivity (Wildman–Crippen MR) is 188 cm³/mol. The zero-order valence-electron chi connectivity index (χ0n) is 28.0.